The minimum atomic E-state index is 0.625. The number of nitrogens with zero attached hydrogens (tertiary/aromatic N) is 2. The second-order valence-electron chi connectivity index (χ2n) is 6.64. The first-order valence-electron chi connectivity index (χ1n) is 8.64. The molecular formula is C18H29N3O. The monoisotopic (exact) mass is 303 g/mol. The summed E-state index contributed by atoms with van der Waals surface area (Å²) >= 11 is 0. The maximum absolute atomic E-state index is 6.25. The number of nitrogen functional groups attached to an aromatic ring is 1. The SMILES string of the molecule is COCc1ccc(N2CCN(C3CCCCC3)CC2)c(N)c1. The maximum Gasteiger partial charge on any atom is 0.0713 e. The summed E-state index contributed by atoms with van der Waals surface area (Å²) < 4.78 is 5.17. The zero-order valence-corrected chi connectivity index (χ0v) is 13.8. The molecule has 1 saturated heterocycles. The quantitative estimate of drug-likeness (QED) is 0.869. The van der Waals surface area contributed by atoms with Gasteiger partial charge in [-0.2, -0.15) is 0 Å². The van der Waals surface area contributed by atoms with E-state index in [9.17, 15) is 0 Å². The number of piperazine rings is 1. The Balaban J connectivity index is 1.58. The van der Waals surface area contributed by atoms with E-state index in [1.165, 1.54) is 50.9 Å². The molecule has 1 saturated carbocycles. The van der Waals surface area contributed by atoms with Crippen molar-refractivity contribution in [3.63, 3.8) is 0 Å². The normalized spacial score (nSPS) is 21.2. The molecule has 0 bridgehead atoms. The van der Waals surface area contributed by atoms with Crippen LogP contribution in [0.25, 0.3) is 0 Å². The summed E-state index contributed by atoms with van der Waals surface area (Å²) in [6.45, 7) is 5.14. The van der Waals surface area contributed by atoms with Crippen LogP contribution in [-0.4, -0.2) is 44.2 Å². The minimum Gasteiger partial charge on any atom is -0.397 e. The number of hydrogen-bond acceptors (Lipinski definition) is 4. The summed E-state index contributed by atoms with van der Waals surface area (Å²) in [4.78, 5) is 5.14. The highest BCUT2D eigenvalue weighted by Crippen LogP contribution is 2.28. The van der Waals surface area contributed by atoms with E-state index in [4.69, 9.17) is 10.5 Å². The number of rotatable bonds is 4. The van der Waals surface area contributed by atoms with Crippen molar-refractivity contribution in [1.29, 1.82) is 0 Å². The Morgan fingerprint density at radius 2 is 1.82 bits per heavy atom. The van der Waals surface area contributed by atoms with Gasteiger partial charge < -0.3 is 15.4 Å². The molecule has 2 fully saturated rings. The number of nitrogens with two attached hydrogens (primary N) is 1. The summed E-state index contributed by atoms with van der Waals surface area (Å²) in [5.74, 6) is 0. The number of anilines is 2. The number of methoxy groups -OCH3 is 1. The molecule has 0 spiro atoms. The molecular weight excluding hydrogens is 274 g/mol. The fraction of sp³-hybridized carbons (Fsp3) is 0.667. The predicted molar refractivity (Wildman–Crippen MR) is 92.2 cm³/mol. The Morgan fingerprint density at radius 3 is 2.45 bits per heavy atom. The van der Waals surface area contributed by atoms with Crippen molar-refractivity contribution in [2.45, 2.75) is 44.8 Å². The molecule has 1 aromatic rings. The van der Waals surface area contributed by atoms with Gasteiger partial charge >= 0.3 is 0 Å². The van der Waals surface area contributed by atoms with Crippen LogP contribution in [-0.2, 0) is 11.3 Å². The summed E-state index contributed by atoms with van der Waals surface area (Å²) in [5, 5.41) is 0. The Kier molecular flexibility index (Phi) is 5.21. The Bertz CT molecular complexity index is 477. The van der Waals surface area contributed by atoms with Crippen molar-refractivity contribution in [1.82, 2.24) is 4.90 Å². The van der Waals surface area contributed by atoms with Crippen LogP contribution in [0.3, 0.4) is 0 Å². The van der Waals surface area contributed by atoms with E-state index in [2.05, 4.69) is 21.9 Å². The summed E-state index contributed by atoms with van der Waals surface area (Å²) in [7, 11) is 1.72. The third kappa shape index (κ3) is 3.55. The molecule has 22 heavy (non-hydrogen) atoms. The van der Waals surface area contributed by atoms with Crippen molar-refractivity contribution < 1.29 is 4.74 Å². The molecule has 0 amide bonds. The van der Waals surface area contributed by atoms with Gasteiger partial charge in [0.1, 0.15) is 0 Å². The van der Waals surface area contributed by atoms with E-state index in [0.717, 1.165) is 30.4 Å². The third-order valence-corrected chi connectivity index (χ3v) is 5.15. The van der Waals surface area contributed by atoms with Crippen molar-refractivity contribution in [3.8, 4) is 0 Å². The third-order valence-electron chi connectivity index (χ3n) is 5.15. The van der Waals surface area contributed by atoms with Gasteiger partial charge in [0.25, 0.3) is 0 Å². The molecule has 3 rings (SSSR count). The van der Waals surface area contributed by atoms with E-state index < -0.39 is 0 Å². The van der Waals surface area contributed by atoms with Crippen molar-refractivity contribution >= 4 is 11.4 Å². The molecule has 4 heteroatoms. The van der Waals surface area contributed by atoms with Crippen LogP contribution < -0.4 is 10.6 Å². The van der Waals surface area contributed by atoms with Crippen LogP contribution in [0.5, 0.6) is 0 Å². The van der Waals surface area contributed by atoms with Gasteiger partial charge in [-0.25, -0.2) is 0 Å². The van der Waals surface area contributed by atoms with Gasteiger partial charge in [0, 0.05) is 39.3 Å². The molecule has 4 nitrogen and oxygen atoms in total. The molecule has 0 unspecified atom stereocenters. The number of hydrogen-bond donors (Lipinski definition) is 1. The van der Waals surface area contributed by atoms with Crippen molar-refractivity contribution in [2.24, 2.45) is 0 Å². The van der Waals surface area contributed by atoms with Gasteiger partial charge in [0.2, 0.25) is 0 Å². The van der Waals surface area contributed by atoms with Gasteiger partial charge in [-0.3, -0.25) is 4.90 Å². The standard InChI is InChI=1S/C18H29N3O/c1-22-14-15-7-8-18(17(19)13-15)21-11-9-20(10-12-21)16-5-3-2-4-6-16/h7-8,13,16H,2-6,9-12,14,19H2,1H3. The minimum absolute atomic E-state index is 0.625. The Morgan fingerprint density at radius 1 is 1.09 bits per heavy atom. The molecule has 2 N–H and O–H groups in total. The van der Waals surface area contributed by atoms with E-state index in [0.29, 0.717) is 6.61 Å². The first kappa shape index (κ1) is 15.6. The lowest BCUT2D eigenvalue weighted by Crippen LogP contribution is -2.51. The van der Waals surface area contributed by atoms with Gasteiger partial charge in [-0.1, -0.05) is 25.3 Å². The maximum atomic E-state index is 6.25. The number of benzene rings is 1. The lowest BCUT2D eigenvalue weighted by Gasteiger charge is -2.41. The van der Waals surface area contributed by atoms with E-state index in [1.54, 1.807) is 7.11 Å². The molecule has 2 aliphatic rings. The first-order valence-corrected chi connectivity index (χ1v) is 8.64. The van der Waals surface area contributed by atoms with Crippen LogP contribution in [0.15, 0.2) is 18.2 Å². The van der Waals surface area contributed by atoms with Crippen LogP contribution in [0, 0.1) is 0 Å². The fourth-order valence-corrected chi connectivity index (χ4v) is 3.92. The highest BCUT2D eigenvalue weighted by molar-refractivity contribution is 5.68. The van der Waals surface area contributed by atoms with Crippen LogP contribution in [0.1, 0.15) is 37.7 Å². The molecule has 0 aromatic heterocycles. The van der Waals surface area contributed by atoms with Crippen LogP contribution >= 0.6 is 0 Å². The molecule has 122 valence electrons. The van der Waals surface area contributed by atoms with Crippen molar-refractivity contribution in [3.05, 3.63) is 23.8 Å². The summed E-state index contributed by atoms with van der Waals surface area (Å²) in [6.07, 6.45) is 7.06. The second kappa shape index (κ2) is 7.34. The van der Waals surface area contributed by atoms with Gasteiger partial charge in [0.15, 0.2) is 0 Å². The zero-order chi connectivity index (χ0) is 15.4. The Hall–Kier alpha value is -1.26. The largest absolute Gasteiger partial charge is 0.397 e. The average molecular weight is 303 g/mol. The van der Waals surface area contributed by atoms with Crippen LogP contribution in [0.2, 0.25) is 0 Å². The van der Waals surface area contributed by atoms with Crippen molar-refractivity contribution in [2.75, 3.05) is 43.9 Å². The van der Waals surface area contributed by atoms with E-state index in [1.807, 2.05) is 6.07 Å². The molecule has 0 atom stereocenters. The molecule has 1 heterocycles. The van der Waals surface area contributed by atoms with Gasteiger partial charge in [-0.05, 0) is 30.5 Å². The topological polar surface area (TPSA) is 41.7 Å². The molecule has 0 radical (unpaired) electrons. The van der Waals surface area contributed by atoms with E-state index in [-0.39, 0.29) is 0 Å². The Labute approximate surface area is 134 Å². The van der Waals surface area contributed by atoms with Crippen LogP contribution in [0.4, 0.5) is 11.4 Å². The second-order valence-corrected chi connectivity index (χ2v) is 6.64. The first-order chi connectivity index (χ1) is 10.8. The van der Waals surface area contributed by atoms with Gasteiger partial charge in [-0.15, -0.1) is 0 Å². The smallest absolute Gasteiger partial charge is 0.0713 e. The zero-order valence-electron chi connectivity index (χ0n) is 13.8. The molecule has 1 aliphatic carbocycles. The summed E-state index contributed by atoms with van der Waals surface area (Å²) in [6, 6.07) is 7.16. The van der Waals surface area contributed by atoms with E-state index >= 15 is 0 Å². The predicted octanol–water partition coefficient (Wildman–Crippen LogP) is 2.87. The fourth-order valence-electron chi connectivity index (χ4n) is 3.92. The highest BCUT2D eigenvalue weighted by atomic mass is 16.5. The highest BCUT2D eigenvalue weighted by Gasteiger charge is 2.25. The number of ether oxygens (including phenoxy) is 1. The summed E-state index contributed by atoms with van der Waals surface area (Å²) in [5.41, 5.74) is 9.45. The molecule has 1 aromatic carbocycles. The average Bonchev–Trinajstić information content (AvgIpc) is 2.56. The lowest BCUT2D eigenvalue weighted by molar-refractivity contribution is 0.148. The van der Waals surface area contributed by atoms with Gasteiger partial charge in [0.05, 0.1) is 18.0 Å². The molecule has 1 aliphatic heterocycles. The lowest BCUT2D eigenvalue weighted by atomic mass is 9.94.